The van der Waals surface area contributed by atoms with Gasteiger partial charge in [-0.2, -0.15) is 0 Å². The van der Waals surface area contributed by atoms with Crippen molar-refractivity contribution < 1.29 is 33.3 Å². The molecule has 2 N–H and O–H groups in total. The molecule has 0 saturated heterocycles. The van der Waals surface area contributed by atoms with Crippen LogP contribution in [0.4, 0.5) is 11.4 Å². The van der Waals surface area contributed by atoms with Crippen LogP contribution in [0.25, 0.3) is 0 Å². The molecule has 0 spiro atoms. The second-order valence-electron chi connectivity index (χ2n) is 6.27. The molecule has 0 aliphatic heterocycles. The van der Waals surface area contributed by atoms with Crippen molar-refractivity contribution >= 4 is 23.2 Å². The number of carbonyl (C=O) groups is 2. The van der Waals surface area contributed by atoms with Crippen LogP contribution < -0.4 is 20.1 Å². The van der Waals surface area contributed by atoms with E-state index >= 15 is 0 Å². The van der Waals surface area contributed by atoms with Crippen molar-refractivity contribution in [1.29, 1.82) is 0 Å². The van der Waals surface area contributed by atoms with Crippen molar-refractivity contribution in [3.05, 3.63) is 48.5 Å². The lowest BCUT2D eigenvalue weighted by atomic mass is 10.3. The Bertz CT molecular complexity index is 727. The van der Waals surface area contributed by atoms with Gasteiger partial charge in [-0.25, -0.2) is 0 Å². The van der Waals surface area contributed by atoms with E-state index in [9.17, 15) is 9.59 Å². The molecule has 0 heterocycles. The maximum Gasteiger partial charge on any atom is 0.250 e. The van der Waals surface area contributed by atoms with Gasteiger partial charge < -0.3 is 34.3 Å². The molecular weight excluding hydrogens is 404 g/mol. The first-order valence-electron chi connectivity index (χ1n) is 9.71. The summed E-state index contributed by atoms with van der Waals surface area (Å²) in [4.78, 5) is 23.6. The molecule has 9 heteroatoms. The van der Waals surface area contributed by atoms with Gasteiger partial charge in [-0.1, -0.05) is 0 Å². The summed E-state index contributed by atoms with van der Waals surface area (Å²) in [7, 11) is 3.16. The predicted molar refractivity (Wildman–Crippen MR) is 116 cm³/mol. The van der Waals surface area contributed by atoms with Crippen LogP contribution >= 0.6 is 0 Å². The summed E-state index contributed by atoms with van der Waals surface area (Å²) < 4.78 is 26.0. The van der Waals surface area contributed by atoms with Gasteiger partial charge >= 0.3 is 0 Å². The SMILES string of the molecule is COc1ccc(NC(=O)COCCOCCOCC(=O)Nc2ccc(OC)cc2)cc1. The van der Waals surface area contributed by atoms with Crippen LogP contribution in [-0.4, -0.2) is 65.7 Å². The third kappa shape index (κ3) is 9.94. The quantitative estimate of drug-likeness (QED) is 0.442. The van der Waals surface area contributed by atoms with Gasteiger partial charge in [0.15, 0.2) is 0 Å². The highest BCUT2D eigenvalue weighted by molar-refractivity contribution is 5.92. The van der Waals surface area contributed by atoms with Crippen LogP contribution in [0.1, 0.15) is 0 Å². The van der Waals surface area contributed by atoms with E-state index in [1.165, 1.54) is 0 Å². The number of benzene rings is 2. The fourth-order valence-corrected chi connectivity index (χ4v) is 2.41. The average Bonchev–Trinajstić information content (AvgIpc) is 2.79. The number of anilines is 2. The second-order valence-corrected chi connectivity index (χ2v) is 6.27. The molecule has 9 nitrogen and oxygen atoms in total. The van der Waals surface area contributed by atoms with Crippen molar-refractivity contribution in [1.82, 2.24) is 0 Å². The molecule has 0 aliphatic carbocycles. The van der Waals surface area contributed by atoms with Crippen LogP contribution in [0, 0.1) is 0 Å². The van der Waals surface area contributed by atoms with E-state index in [-0.39, 0.29) is 38.2 Å². The first-order chi connectivity index (χ1) is 15.1. The Morgan fingerprint density at radius 1 is 0.613 bits per heavy atom. The number of hydrogen-bond donors (Lipinski definition) is 2. The van der Waals surface area contributed by atoms with Crippen molar-refractivity contribution in [2.75, 3.05) is 64.5 Å². The van der Waals surface area contributed by atoms with E-state index in [0.717, 1.165) is 0 Å². The minimum absolute atomic E-state index is 0.0720. The largest absolute Gasteiger partial charge is 0.497 e. The maximum atomic E-state index is 11.8. The van der Waals surface area contributed by atoms with Gasteiger partial charge in [0.05, 0.1) is 40.6 Å². The molecular formula is C22H28N2O7. The summed E-state index contributed by atoms with van der Waals surface area (Å²) in [5.41, 5.74) is 1.33. The zero-order chi connectivity index (χ0) is 22.3. The topological polar surface area (TPSA) is 104 Å². The minimum Gasteiger partial charge on any atom is -0.497 e. The van der Waals surface area contributed by atoms with Crippen LogP contribution in [0.5, 0.6) is 11.5 Å². The van der Waals surface area contributed by atoms with E-state index < -0.39 is 0 Å². The Balaban J connectivity index is 1.44. The van der Waals surface area contributed by atoms with E-state index in [4.69, 9.17) is 23.7 Å². The molecule has 31 heavy (non-hydrogen) atoms. The zero-order valence-corrected chi connectivity index (χ0v) is 17.7. The highest BCUT2D eigenvalue weighted by Crippen LogP contribution is 2.15. The summed E-state index contributed by atoms with van der Waals surface area (Å²) in [6.07, 6.45) is 0. The van der Waals surface area contributed by atoms with E-state index in [0.29, 0.717) is 36.1 Å². The second kappa shape index (κ2) is 14.0. The number of hydrogen-bond acceptors (Lipinski definition) is 7. The van der Waals surface area contributed by atoms with Gasteiger partial charge in [0.1, 0.15) is 24.7 Å². The number of methoxy groups -OCH3 is 2. The molecule has 0 unspecified atom stereocenters. The predicted octanol–water partition coefficient (Wildman–Crippen LogP) is 2.33. The highest BCUT2D eigenvalue weighted by atomic mass is 16.5. The van der Waals surface area contributed by atoms with Crippen molar-refractivity contribution in [2.45, 2.75) is 0 Å². The smallest absolute Gasteiger partial charge is 0.250 e. The van der Waals surface area contributed by atoms with Crippen molar-refractivity contribution in [3.8, 4) is 11.5 Å². The van der Waals surface area contributed by atoms with Crippen LogP contribution in [0.3, 0.4) is 0 Å². The van der Waals surface area contributed by atoms with E-state index in [1.54, 1.807) is 62.8 Å². The molecule has 0 atom stereocenters. The van der Waals surface area contributed by atoms with Gasteiger partial charge in [0.2, 0.25) is 11.8 Å². The number of rotatable bonds is 14. The molecule has 0 fully saturated rings. The monoisotopic (exact) mass is 432 g/mol. The average molecular weight is 432 g/mol. The first-order valence-corrected chi connectivity index (χ1v) is 9.71. The molecule has 0 aliphatic rings. The van der Waals surface area contributed by atoms with Crippen LogP contribution in [-0.2, 0) is 23.8 Å². The standard InChI is InChI=1S/C22H28N2O7/c1-27-19-7-3-17(4-8-19)23-21(25)15-30-13-11-29-12-14-31-16-22(26)24-18-5-9-20(28-2)10-6-18/h3-10H,11-16H2,1-2H3,(H,23,25)(H,24,26). The molecule has 2 rings (SSSR count). The van der Waals surface area contributed by atoms with Gasteiger partial charge in [-0.05, 0) is 48.5 Å². The third-order valence-electron chi connectivity index (χ3n) is 3.96. The summed E-state index contributed by atoms with van der Waals surface area (Å²) in [5, 5.41) is 5.44. The molecule has 0 aromatic heterocycles. The zero-order valence-electron chi connectivity index (χ0n) is 17.7. The molecule has 0 radical (unpaired) electrons. The lowest BCUT2D eigenvalue weighted by Crippen LogP contribution is -2.21. The highest BCUT2D eigenvalue weighted by Gasteiger charge is 2.04. The molecule has 0 saturated carbocycles. The Morgan fingerprint density at radius 3 is 1.32 bits per heavy atom. The Morgan fingerprint density at radius 2 is 0.968 bits per heavy atom. The lowest BCUT2D eigenvalue weighted by molar-refractivity contribution is -0.121. The van der Waals surface area contributed by atoms with Crippen molar-refractivity contribution in [2.24, 2.45) is 0 Å². The fourth-order valence-electron chi connectivity index (χ4n) is 2.41. The number of amides is 2. The van der Waals surface area contributed by atoms with Gasteiger partial charge in [-0.15, -0.1) is 0 Å². The van der Waals surface area contributed by atoms with E-state index in [2.05, 4.69) is 10.6 Å². The van der Waals surface area contributed by atoms with Gasteiger partial charge in [0.25, 0.3) is 0 Å². The van der Waals surface area contributed by atoms with Crippen molar-refractivity contribution in [3.63, 3.8) is 0 Å². The Kier molecular flexibility index (Phi) is 10.9. The number of ether oxygens (including phenoxy) is 5. The first kappa shape index (κ1) is 24.1. The van der Waals surface area contributed by atoms with Gasteiger partial charge in [0, 0.05) is 11.4 Å². The molecule has 168 valence electrons. The maximum absolute atomic E-state index is 11.8. The summed E-state index contributed by atoms with van der Waals surface area (Å²) in [5.74, 6) is 0.925. The Hall–Kier alpha value is -3.14. The fraction of sp³-hybridized carbons (Fsp3) is 0.364. The number of carbonyl (C=O) groups excluding carboxylic acids is 2. The van der Waals surface area contributed by atoms with Gasteiger partial charge in [-0.3, -0.25) is 9.59 Å². The normalized spacial score (nSPS) is 10.4. The molecule has 2 aromatic rings. The summed E-state index contributed by atoms with van der Waals surface area (Å²) in [6.45, 7) is 1.03. The summed E-state index contributed by atoms with van der Waals surface area (Å²) >= 11 is 0. The minimum atomic E-state index is -0.253. The Labute approximate surface area is 181 Å². The summed E-state index contributed by atoms with van der Waals surface area (Å²) in [6, 6.07) is 14.0. The lowest BCUT2D eigenvalue weighted by Gasteiger charge is -2.09. The molecule has 2 aromatic carbocycles. The van der Waals surface area contributed by atoms with E-state index in [1.807, 2.05) is 0 Å². The van der Waals surface area contributed by atoms with Crippen LogP contribution in [0.15, 0.2) is 48.5 Å². The molecule has 2 amide bonds. The molecule has 0 bridgehead atoms. The third-order valence-corrected chi connectivity index (χ3v) is 3.96. The number of nitrogens with one attached hydrogen (secondary N) is 2. The van der Waals surface area contributed by atoms with Crippen LogP contribution in [0.2, 0.25) is 0 Å².